The maximum atomic E-state index is 13.3. The zero-order valence-corrected chi connectivity index (χ0v) is 28.3. The summed E-state index contributed by atoms with van der Waals surface area (Å²) in [6.07, 6.45) is 9.54. The first kappa shape index (κ1) is 35.7. The Balaban J connectivity index is 0.000000222. The lowest BCUT2D eigenvalue weighted by Gasteiger charge is -2.30. The quantitative estimate of drug-likeness (QED) is 0.237. The van der Waals surface area contributed by atoms with Crippen molar-refractivity contribution in [3.8, 4) is 0 Å². The van der Waals surface area contributed by atoms with Crippen molar-refractivity contribution in [1.29, 1.82) is 0 Å². The number of aromatic nitrogens is 1. The Labute approximate surface area is 270 Å². The van der Waals surface area contributed by atoms with Crippen molar-refractivity contribution < 1.29 is 9.18 Å². The Morgan fingerprint density at radius 1 is 0.978 bits per heavy atom. The normalized spacial score (nSPS) is 13.9. The van der Waals surface area contributed by atoms with Gasteiger partial charge >= 0.3 is 0 Å². The number of nitrogens with one attached hydrogen (secondary N) is 2. The summed E-state index contributed by atoms with van der Waals surface area (Å²) in [5.41, 5.74) is 8.09. The second-order valence-electron chi connectivity index (χ2n) is 11.6. The molecule has 0 atom stereocenters. The first-order chi connectivity index (χ1) is 21.9. The summed E-state index contributed by atoms with van der Waals surface area (Å²) in [6.45, 7) is 12.2. The van der Waals surface area contributed by atoms with Crippen LogP contribution < -0.4 is 10.2 Å². The Morgan fingerprint density at radius 2 is 1.67 bits per heavy atom. The highest BCUT2D eigenvalue weighted by atomic mass is 19.1. The van der Waals surface area contributed by atoms with E-state index in [0.29, 0.717) is 12.0 Å². The summed E-state index contributed by atoms with van der Waals surface area (Å²) in [6, 6.07) is 21.6. The number of para-hydroxylation sites is 1. The van der Waals surface area contributed by atoms with E-state index >= 15 is 0 Å². The largest absolute Gasteiger partial charge is 0.361 e. The van der Waals surface area contributed by atoms with Gasteiger partial charge in [-0.1, -0.05) is 86.5 Å². The predicted octanol–water partition coefficient (Wildman–Crippen LogP) is 8.57. The number of fused-ring (bicyclic) bond motifs is 2. The number of carbonyl (C=O) groups excluding carboxylic acids is 1. The molecule has 0 unspecified atom stereocenters. The number of benzene rings is 3. The summed E-state index contributed by atoms with van der Waals surface area (Å²) >= 11 is 0. The van der Waals surface area contributed by atoms with E-state index in [1.54, 1.807) is 6.07 Å². The number of aryl methyl sites for hydroxylation is 3. The van der Waals surface area contributed by atoms with Crippen LogP contribution in [0, 0.1) is 12.7 Å². The number of H-pyrrole nitrogens is 1. The van der Waals surface area contributed by atoms with E-state index in [0.717, 1.165) is 69.5 Å². The van der Waals surface area contributed by atoms with E-state index in [9.17, 15) is 9.18 Å². The van der Waals surface area contributed by atoms with Crippen molar-refractivity contribution in [2.75, 3.05) is 45.2 Å². The molecule has 0 aliphatic carbocycles. The number of rotatable bonds is 5. The topological polar surface area (TPSA) is 51.4 Å². The van der Waals surface area contributed by atoms with Crippen LogP contribution in [0.5, 0.6) is 0 Å². The monoisotopic (exact) mass is 612 g/mol. The van der Waals surface area contributed by atoms with Gasteiger partial charge in [0, 0.05) is 41.3 Å². The Bertz CT molecular complexity index is 1500. The first-order valence-corrected chi connectivity index (χ1v) is 16.6. The highest BCUT2D eigenvalue weighted by molar-refractivity contribution is 5.95. The molecule has 6 heteroatoms. The van der Waals surface area contributed by atoms with Crippen LogP contribution in [-0.2, 0) is 17.6 Å². The van der Waals surface area contributed by atoms with E-state index < -0.39 is 0 Å². The van der Waals surface area contributed by atoms with Gasteiger partial charge in [0.15, 0.2) is 0 Å². The molecule has 1 aromatic heterocycles. The molecule has 6 rings (SSSR count). The van der Waals surface area contributed by atoms with Crippen molar-refractivity contribution in [3.05, 3.63) is 107 Å². The fourth-order valence-corrected chi connectivity index (χ4v) is 5.40. The summed E-state index contributed by atoms with van der Waals surface area (Å²) in [5, 5.41) is 4.50. The number of nitrogens with zero attached hydrogens (tertiary/aromatic N) is 2. The average molecular weight is 613 g/mol. The number of hydrogen-bond acceptors (Lipinski definition) is 3. The predicted molar refractivity (Wildman–Crippen MR) is 191 cm³/mol. The third kappa shape index (κ3) is 11.0. The number of halogens is 1. The smallest absolute Gasteiger partial charge is 0.227 e. The van der Waals surface area contributed by atoms with Gasteiger partial charge in [0.2, 0.25) is 5.91 Å². The van der Waals surface area contributed by atoms with Crippen molar-refractivity contribution in [2.45, 2.75) is 66.2 Å². The Hall–Kier alpha value is -3.74. The first-order valence-electron chi connectivity index (χ1n) is 16.6. The highest BCUT2D eigenvalue weighted by Crippen LogP contribution is 2.29. The van der Waals surface area contributed by atoms with Gasteiger partial charge < -0.3 is 20.1 Å². The molecule has 0 spiro atoms. The van der Waals surface area contributed by atoms with Crippen molar-refractivity contribution in [2.24, 2.45) is 0 Å². The lowest BCUT2D eigenvalue weighted by atomic mass is 9.99. The minimum atomic E-state index is -0.126. The van der Waals surface area contributed by atoms with Gasteiger partial charge in [-0.2, -0.15) is 0 Å². The van der Waals surface area contributed by atoms with Crippen LogP contribution in [-0.4, -0.2) is 56.1 Å². The lowest BCUT2D eigenvalue weighted by Crippen LogP contribution is -2.35. The van der Waals surface area contributed by atoms with Crippen molar-refractivity contribution in [1.82, 2.24) is 15.2 Å². The Morgan fingerprint density at radius 3 is 2.38 bits per heavy atom. The molecule has 0 bridgehead atoms. The van der Waals surface area contributed by atoms with Crippen LogP contribution in [0.2, 0.25) is 0 Å². The number of carbonyl (C=O) groups is 1. The second-order valence-corrected chi connectivity index (χ2v) is 11.6. The summed E-state index contributed by atoms with van der Waals surface area (Å²) in [4.78, 5) is 20.2. The van der Waals surface area contributed by atoms with Gasteiger partial charge in [0.25, 0.3) is 0 Å². The van der Waals surface area contributed by atoms with Gasteiger partial charge in [-0.05, 0) is 102 Å². The molecule has 0 radical (unpaired) electrons. The molecule has 3 heterocycles. The van der Waals surface area contributed by atoms with E-state index in [2.05, 4.69) is 73.5 Å². The molecule has 1 fully saturated rings. The molecular weight excluding hydrogens is 559 g/mol. The third-order valence-corrected chi connectivity index (χ3v) is 8.08. The fraction of sp³-hybridized carbons (Fsp3) is 0.410. The van der Waals surface area contributed by atoms with Crippen molar-refractivity contribution >= 4 is 28.6 Å². The zero-order valence-electron chi connectivity index (χ0n) is 28.3. The van der Waals surface area contributed by atoms with Gasteiger partial charge in [-0.15, -0.1) is 0 Å². The molecule has 2 aliphatic heterocycles. The fourth-order valence-electron chi connectivity index (χ4n) is 5.40. The average Bonchev–Trinajstić information content (AvgIpc) is 3.49. The zero-order chi connectivity index (χ0) is 32.6. The van der Waals surface area contributed by atoms with E-state index in [1.807, 2.05) is 55.3 Å². The minimum Gasteiger partial charge on any atom is -0.361 e. The van der Waals surface area contributed by atoms with E-state index in [1.165, 1.54) is 33.7 Å². The minimum absolute atomic E-state index is 0.126. The summed E-state index contributed by atoms with van der Waals surface area (Å²) in [5.74, 6) is 0.101. The molecule has 1 saturated heterocycles. The number of aromatic amines is 1. The highest BCUT2D eigenvalue weighted by Gasteiger charge is 2.22. The van der Waals surface area contributed by atoms with Crippen LogP contribution in [0.25, 0.3) is 17.0 Å². The van der Waals surface area contributed by atoms with E-state index in [-0.39, 0.29) is 11.7 Å². The van der Waals surface area contributed by atoms with Crippen LogP contribution in [0.4, 0.5) is 10.1 Å². The van der Waals surface area contributed by atoms with E-state index in [4.69, 9.17) is 0 Å². The van der Waals surface area contributed by atoms with Crippen molar-refractivity contribution in [3.63, 3.8) is 0 Å². The lowest BCUT2D eigenvalue weighted by molar-refractivity contribution is -0.118. The second kappa shape index (κ2) is 18.9. The number of piperidine rings is 1. The number of amides is 1. The molecule has 5 nitrogen and oxygen atoms in total. The number of anilines is 1. The van der Waals surface area contributed by atoms with Gasteiger partial charge in [0.05, 0.1) is 0 Å². The van der Waals surface area contributed by atoms with Gasteiger partial charge in [0.1, 0.15) is 5.82 Å². The van der Waals surface area contributed by atoms with Crippen LogP contribution in [0.1, 0.15) is 68.7 Å². The molecule has 242 valence electrons. The molecular formula is C39H53FN4O. The van der Waals surface area contributed by atoms with Crippen LogP contribution in [0.15, 0.2) is 78.5 Å². The van der Waals surface area contributed by atoms with Gasteiger partial charge in [-0.25, -0.2) is 4.39 Å². The molecule has 2 N–H and O–H groups in total. The third-order valence-electron chi connectivity index (χ3n) is 8.08. The maximum Gasteiger partial charge on any atom is 0.227 e. The summed E-state index contributed by atoms with van der Waals surface area (Å²) < 4.78 is 13.3. The standard InChI is InChI=1S/C21H22N2O.C12H14FN.C4H11N.C2H6/c1-15-8-10-20-16(13-15)5-4-12-23(20)21(24)11-9-17-14-22-19-7-3-2-6-18(17)19;13-12-4-2-1-3-11(12)9-10-5-7-14-8-6-10;1-4-5(2)3;1-2/h2-3,6-8,10,13-14,22H,4-5,9,11-12H2,1H3;1-4,9,14H,5-8H2;4H2,1-3H3;1-2H3. The molecule has 0 saturated carbocycles. The summed E-state index contributed by atoms with van der Waals surface area (Å²) in [7, 11) is 4.11. The SMILES string of the molecule is CC.CCN(C)C.Cc1ccc2c(c1)CCCN2C(=O)CCc1c[nH]c2ccccc12.Fc1ccccc1C=C1CCNCC1. The molecule has 45 heavy (non-hydrogen) atoms. The van der Waals surface area contributed by atoms with Crippen LogP contribution in [0.3, 0.4) is 0 Å². The van der Waals surface area contributed by atoms with Gasteiger partial charge in [-0.3, -0.25) is 4.79 Å². The Kier molecular flexibility index (Phi) is 15.0. The maximum absolute atomic E-state index is 13.3. The number of hydrogen-bond donors (Lipinski definition) is 2. The van der Waals surface area contributed by atoms with Crippen LogP contribution >= 0.6 is 0 Å². The molecule has 4 aromatic rings. The molecule has 1 amide bonds. The molecule has 2 aliphatic rings. The molecule has 3 aromatic carbocycles.